The number of piperidine rings is 1. The van der Waals surface area contributed by atoms with Crippen molar-refractivity contribution in [1.82, 2.24) is 20.3 Å². The van der Waals surface area contributed by atoms with E-state index in [4.69, 9.17) is 10.00 Å². The fourth-order valence-electron chi connectivity index (χ4n) is 5.84. The second-order valence-corrected chi connectivity index (χ2v) is 10.9. The number of carbonyl (C=O) groups excluding carboxylic acids is 2. The van der Waals surface area contributed by atoms with Crippen LogP contribution >= 0.6 is 0 Å². The van der Waals surface area contributed by atoms with Gasteiger partial charge in [-0.15, -0.1) is 0 Å². The van der Waals surface area contributed by atoms with E-state index < -0.39 is 46.3 Å². The van der Waals surface area contributed by atoms with Gasteiger partial charge in [-0.05, 0) is 18.9 Å². The lowest BCUT2D eigenvalue weighted by Crippen LogP contribution is -2.74. The quantitative estimate of drug-likeness (QED) is 0.560. The zero-order chi connectivity index (χ0) is 27.9. The predicted octanol–water partition coefficient (Wildman–Crippen LogP) is 3.79. The molecule has 1 aliphatic heterocycles. The zero-order valence-corrected chi connectivity index (χ0v) is 21.5. The summed E-state index contributed by atoms with van der Waals surface area (Å²) >= 11 is 0. The van der Waals surface area contributed by atoms with Crippen LogP contribution in [-0.2, 0) is 11.0 Å². The van der Waals surface area contributed by atoms with Gasteiger partial charge in [-0.1, -0.05) is 27.7 Å². The molecule has 2 fully saturated rings. The molecule has 1 saturated heterocycles. The number of aldehydes is 1. The van der Waals surface area contributed by atoms with Crippen molar-refractivity contribution < 1.29 is 27.5 Å². The first-order chi connectivity index (χ1) is 17.8. The Labute approximate surface area is 218 Å². The molecule has 2 aromatic heterocycles. The molecular weight excluding hydrogens is 501 g/mol. The molecule has 0 radical (unpaired) electrons. The van der Waals surface area contributed by atoms with Crippen LogP contribution in [0.3, 0.4) is 0 Å². The van der Waals surface area contributed by atoms with Crippen molar-refractivity contribution in [3.63, 3.8) is 0 Å². The Morgan fingerprint density at radius 2 is 1.74 bits per heavy atom. The lowest BCUT2D eigenvalue weighted by Gasteiger charge is -2.62. The minimum Gasteiger partial charge on any atom is -0.488 e. The number of nitrogens with one attached hydrogen (secondary N) is 1. The number of anilines is 1. The maximum absolute atomic E-state index is 13.4. The summed E-state index contributed by atoms with van der Waals surface area (Å²) in [5, 5.41) is 11.9. The molecule has 38 heavy (non-hydrogen) atoms. The van der Waals surface area contributed by atoms with Crippen LogP contribution in [0, 0.1) is 28.1 Å². The Morgan fingerprint density at radius 3 is 2.26 bits per heavy atom. The van der Waals surface area contributed by atoms with Gasteiger partial charge in [0, 0.05) is 35.9 Å². The van der Waals surface area contributed by atoms with Crippen molar-refractivity contribution in [2.75, 3.05) is 18.0 Å². The van der Waals surface area contributed by atoms with Gasteiger partial charge in [0.1, 0.15) is 24.2 Å². The predicted molar refractivity (Wildman–Crippen MR) is 130 cm³/mol. The van der Waals surface area contributed by atoms with Gasteiger partial charge in [-0.3, -0.25) is 4.79 Å². The van der Waals surface area contributed by atoms with Crippen molar-refractivity contribution in [3.05, 3.63) is 41.7 Å². The summed E-state index contributed by atoms with van der Waals surface area (Å²) < 4.78 is 46.0. The second-order valence-electron chi connectivity index (χ2n) is 10.9. The summed E-state index contributed by atoms with van der Waals surface area (Å²) in [6.07, 6.45) is 1.47. The van der Waals surface area contributed by atoms with Crippen LogP contribution in [0.4, 0.5) is 18.9 Å². The van der Waals surface area contributed by atoms with Crippen LogP contribution in [0.2, 0.25) is 0 Å². The number of pyridine rings is 1. The van der Waals surface area contributed by atoms with E-state index >= 15 is 0 Å². The molecule has 1 N–H and O–H groups in total. The van der Waals surface area contributed by atoms with Crippen LogP contribution < -0.4 is 15.0 Å². The number of aromatic nitrogens is 3. The van der Waals surface area contributed by atoms with Crippen LogP contribution in [-0.4, -0.2) is 52.4 Å². The first kappa shape index (κ1) is 27.3. The van der Waals surface area contributed by atoms with Gasteiger partial charge in [0.2, 0.25) is 5.82 Å². The van der Waals surface area contributed by atoms with E-state index in [2.05, 4.69) is 25.2 Å². The normalized spacial score (nSPS) is 22.6. The highest BCUT2D eigenvalue weighted by Gasteiger charge is 2.64. The molecule has 3 heterocycles. The maximum Gasteiger partial charge on any atom is 0.419 e. The van der Waals surface area contributed by atoms with Crippen LogP contribution in [0.15, 0.2) is 24.7 Å². The van der Waals surface area contributed by atoms with Crippen LogP contribution in [0.25, 0.3) is 0 Å². The molecule has 2 aromatic rings. The molecule has 1 aliphatic carbocycles. The van der Waals surface area contributed by atoms with Gasteiger partial charge < -0.3 is 19.7 Å². The molecule has 9 nitrogen and oxygen atoms in total. The van der Waals surface area contributed by atoms with E-state index in [-0.39, 0.29) is 17.5 Å². The van der Waals surface area contributed by atoms with E-state index in [9.17, 15) is 22.8 Å². The third kappa shape index (κ3) is 5.01. The molecule has 0 aromatic carbocycles. The highest BCUT2D eigenvalue weighted by atomic mass is 19.4. The Balaban J connectivity index is 1.44. The highest BCUT2D eigenvalue weighted by Crippen LogP contribution is 2.55. The summed E-state index contributed by atoms with van der Waals surface area (Å²) in [5.41, 5.74) is -2.43. The maximum atomic E-state index is 13.4. The number of rotatable bonds is 6. The largest absolute Gasteiger partial charge is 0.488 e. The van der Waals surface area contributed by atoms with Crippen molar-refractivity contribution in [2.45, 2.75) is 58.9 Å². The highest BCUT2D eigenvalue weighted by molar-refractivity contribution is 5.91. The smallest absolute Gasteiger partial charge is 0.419 e. The number of ether oxygens (including phenoxy) is 1. The first-order valence-electron chi connectivity index (χ1n) is 12.3. The van der Waals surface area contributed by atoms with Gasteiger partial charge >= 0.3 is 6.18 Å². The molecule has 2 aliphatic rings. The Kier molecular flexibility index (Phi) is 7.07. The number of halogens is 3. The summed E-state index contributed by atoms with van der Waals surface area (Å²) in [4.78, 5) is 38.1. The molecule has 0 bridgehead atoms. The van der Waals surface area contributed by atoms with Crippen molar-refractivity contribution >= 4 is 17.9 Å². The summed E-state index contributed by atoms with van der Waals surface area (Å²) in [7, 11) is 0. The lowest BCUT2D eigenvalue weighted by molar-refractivity contribution is -0.165. The number of hydrogen-bond donors (Lipinski definition) is 1. The second kappa shape index (κ2) is 9.85. The van der Waals surface area contributed by atoms with E-state index in [1.807, 2.05) is 27.7 Å². The van der Waals surface area contributed by atoms with E-state index in [0.29, 0.717) is 13.1 Å². The molecule has 0 unspecified atom stereocenters. The summed E-state index contributed by atoms with van der Waals surface area (Å²) in [6, 6.07) is 1.83. The standard InChI is InChI=1S/C26H29F3N6O3/c1-24(2)22(25(3,4)23(24)38-17-9-18(26(27,28)29)19(10-30)31-13-17)34-21(37)20-32-11-16(12-33-20)35-7-5-15(14-36)6-8-35/h9,11-15,22-23H,5-8H2,1-4H3,(H,34,37). The van der Waals surface area contributed by atoms with Crippen LogP contribution in [0.1, 0.15) is 62.4 Å². The average molecular weight is 531 g/mol. The molecule has 4 rings (SSSR count). The first-order valence-corrected chi connectivity index (χ1v) is 12.3. The van der Waals surface area contributed by atoms with Crippen LogP contribution in [0.5, 0.6) is 5.75 Å². The molecule has 0 spiro atoms. The van der Waals surface area contributed by atoms with E-state index in [1.54, 1.807) is 12.4 Å². The number of nitrogens with zero attached hydrogens (tertiary/aromatic N) is 5. The third-order valence-corrected chi connectivity index (χ3v) is 7.58. The number of nitriles is 1. The lowest BCUT2D eigenvalue weighted by atomic mass is 9.49. The molecular formula is C26H29F3N6O3. The molecule has 1 saturated carbocycles. The van der Waals surface area contributed by atoms with Gasteiger partial charge in [-0.25, -0.2) is 15.0 Å². The number of hydrogen-bond acceptors (Lipinski definition) is 8. The fraction of sp³-hybridized carbons (Fsp3) is 0.538. The summed E-state index contributed by atoms with van der Waals surface area (Å²) in [6.45, 7) is 8.82. The van der Waals surface area contributed by atoms with E-state index in [0.717, 1.165) is 37.1 Å². The molecule has 12 heteroatoms. The Morgan fingerprint density at radius 1 is 1.13 bits per heavy atom. The van der Waals surface area contributed by atoms with Gasteiger partial charge in [-0.2, -0.15) is 18.4 Å². The molecule has 1 amide bonds. The Hall–Kier alpha value is -3.75. The fourth-order valence-corrected chi connectivity index (χ4v) is 5.84. The van der Waals surface area contributed by atoms with Crippen molar-refractivity contribution in [2.24, 2.45) is 16.7 Å². The molecule has 0 atom stereocenters. The minimum atomic E-state index is -4.75. The van der Waals surface area contributed by atoms with Crippen molar-refractivity contribution in [3.8, 4) is 11.8 Å². The topological polar surface area (TPSA) is 121 Å². The SMILES string of the molecule is CC1(C)C(NC(=O)c2ncc(N3CCC(C=O)CC3)cn2)C(C)(C)C1Oc1cnc(C#N)c(C(F)(F)F)c1. The van der Waals surface area contributed by atoms with Gasteiger partial charge in [0.15, 0.2) is 5.69 Å². The zero-order valence-electron chi connectivity index (χ0n) is 21.5. The van der Waals surface area contributed by atoms with Gasteiger partial charge in [0.25, 0.3) is 5.91 Å². The monoisotopic (exact) mass is 530 g/mol. The third-order valence-electron chi connectivity index (χ3n) is 7.58. The average Bonchev–Trinajstić information content (AvgIpc) is 2.89. The number of carbonyl (C=O) groups is 2. The van der Waals surface area contributed by atoms with Crippen molar-refractivity contribution in [1.29, 1.82) is 5.26 Å². The molecule has 202 valence electrons. The Bertz CT molecular complexity index is 1230. The number of alkyl halides is 3. The van der Waals surface area contributed by atoms with E-state index in [1.165, 1.54) is 6.07 Å². The minimum absolute atomic E-state index is 0.00129. The number of amides is 1. The summed E-state index contributed by atoms with van der Waals surface area (Å²) in [5.74, 6) is -0.513. The van der Waals surface area contributed by atoms with Gasteiger partial charge in [0.05, 0.1) is 29.8 Å².